The van der Waals surface area contributed by atoms with E-state index in [1.54, 1.807) is 6.08 Å². The SMILES string of the molecule is Cc1ccc(/C=C2\N=C(c3ccc([N+](=O)[O-])cc3)OC2=O)cc1. The molecule has 0 atom stereocenters. The van der Waals surface area contributed by atoms with E-state index in [2.05, 4.69) is 4.99 Å². The molecule has 1 aliphatic heterocycles. The molecule has 0 amide bonds. The van der Waals surface area contributed by atoms with Crippen LogP contribution in [-0.2, 0) is 9.53 Å². The second kappa shape index (κ2) is 5.84. The number of non-ortho nitro benzene ring substituents is 1. The Kier molecular flexibility index (Phi) is 3.72. The fourth-order valence-corrected chi connectivity index (χ4v) is 2.08. The summed E-state index contributed by atoms with van der Waals surface area (Å²) in [5.41, 5.74) is 2.64. The summed E-state index contributed by atoms with van der Waals surface area (Å²) >= 11 is 0. The molecule has 0 unspecified atom stereocenters. The Hall–Kier alpha value is -3.28. The molecule has 3 rings (SSSR count). The molecule has 0 radical (unpaired) electrons. The van der Waals surface area contributed by atoms with Gasteiger partial charge in [0.1, 0.15) is 0 Å². The Labute approximate surface area is 131 Å². The van der Waals surface area contributed by atoms with Crippen LogP contribution < -0.4 is 0 Å². The van der Waals surface area contributed by atoms with Gasteiger partial charge in [-0.3, -0.25) is 10.1 Å². The zero-order valence-corrected chi connectivity index (χ0v) is 12.2. The van der Waals surface area contributed by atoms with Crippen molar-refractivity contribution in [3.63, 3.8) is 0 Å². The molecular weight excluding hydrogens is 296 g/mol. The maximum atomic E-state index is 11.9. The first-order valence-corrected chi connectivity index (χ1v) is 6.87. The molecule has 6 nitrogen and oxygen atoms in total. The Morgan fingerprint density at radius 3 is 2.35 bits per heavy atom. The van der Waals surface area contributed by atoms with E-state index in [4.69, 9.17) is 4.74 Å². The molecule has 0 saturated carbocycles. The third kappa shape index (κ3) is 3.16. The average molecular weight is 308 g/mol. The van der Waals surface area contributed by atoms with Gasteiger partial charge in [0.05, 0.1) is 4.92 Å². The zero-order chi connectivity index (χ0) is 16.4. The Morgan fingerprint density at radius 1 is 1.09 bits per heavy atom. The fraction of sp³-hybridized carbons (Fsp3) is 0.0588. The molecule has 0 spiro atoms. The van der Waals surface area contributed by atoms with Crippen LogP contribution in [0.1, 0.15) is 16.7 Å². The van der Waals surface area contributed by atoms with E-state index < -0.39 is 10.9 Å². The topological polar surface area (TPSA) is 81.8 Å². The number of cyclic esters (lactones) is 1. The summed E-state index contributed by atoms with van der Waals surface area (Å²) in [5, 5.41) is 10.6. The Balaban J connectivity index is 1.88. The summed E-state index contributed by atoms with van der Waals surface area (Å²) in [6.07, 6.45) is 1.64. The van der Waals surface area contributed by atoms with E-state index in [1.165, 1.54) is 24.3 Å². The van der Waals surface area contributed by atoms with Gasteiger partial charge >= 0.3 is 5.97 Å². The molecule has 0 aliphatic carbocycles. The Bertz CT molecular complexity index is 834. The van der Waals surface area contributed by atoms with Crippen molar-refractivity contribution in [2.24, 2.45) is 4.99 Å². The minimum atomic E-state index is -0.543. The summed E-state index contributed by atoms with van der Waals surface area (Å²) in [6.45, 7) is 1.98. The molecule has 1 heterocycles. The molecule has 0 fully saturated rings. The summed E-state index contributed by atoms with van der Waals surface area (Å²) in [6, 6.07) is 13.3. The van der Waals surface area contributed by atoms with Crippen molar-refractivity contribution in [2.45, 2.75) is 6.92 Å². The first kappa shape index (κ1) is 14.6. The number of esters is 1. The van der Waals surface area contributed by atoms with Crippen LogP contribution in [0.4, 0.5) is 5.69 Å². The molecule has 1 aliphatic rings. The highest BCUT2D eigenvalue weighted by Crippen LogP contribution is 2.21. The van der Waals surface area contributed by atoms with Gasteiger partial charge in [0, 0.05) is 17.7 Å². The zero-order valence-electron chi connectivity index (χ0n) is 12.2. The van der Waals surface area contributed by atoms with Gasteiger partial charge in [-0.2, -0.15) is 0 Å². The summed E-state index contributed by atoms with van der Waals surface area (Å²) in [5.74, 6) is -0.401. The molecule has 0 saturated heterocycles. The van der Waals surface area contributed by atoms with Crippen LogP contribution in [0.5, 0.6) is 0 Å². The van der Waals surface area contributed by atoms with Crippen molar-refractivity contribution in [2.75, 3.05) is 0 Å². The number of hydrogen-bond donors (Lipinski definition) is 0. The third-order valence-corrected chi connectivity index (χ3v) is 3.33. The Morgan fingerprint density at radius 2 is 1.74 bits per heavy atom. The van der Waals surface area contributed by atoms with Gasteiger partial charge in [-0.1, -0.05) is 29.8 Å². The van der Waals surface area contributed by atoms with Crippen molar-refractivity contribution in [1.82, 2.24) is 0 Å². The molecular formula is C17H12N2O4. The number of aryl methyl sites for hydroxylation is 1. The van der Waals surface area contributed by atoms with Crippen molar-refractivity contribution < 1.29 is 14.5 Å². The van der Waals surface area contributed by atoms with E-state index >= 15 is 0 Å². The number of carbonyl (C=O) groups is 1. The number of nitro benzene ring substituents is 1. The average Bonchev–Trinajstić information content (AvgIpc) is 2.91. The van der Waals surface area contributed by atoms with Gasteiger partial charge in [-0.15, -0.1) is 0 Å². The molecule has 114 valence electrons. The second-order valence-electron chi connectivity index (χ2n) is 5.05. The standard InChI is InChI=1S/C17H12N2O4/c1-11-2-4-12(5-3-11)10-15-17(20)23-16(18-15)13-6-8-14(9-7-13)19(21)22/h2-10H,1H3/b15-10-. The van der Waals surface area contributed by atoms with Crippen LogP contribution in [0.25, 0.3) is 6.08 Å². The van der Waals surface area contributed by atoms with Crippen LogP contribution >= 0.6 is 0 Å². The van der Waals surface area contributed by atoms with Gasteiger partial charge in [0.15, 0.2) is 5.70 Å². The lowest BCUT2D eigenvalue weighted by Crippen LogP contribution is -2.05. The molecule has 0 N–H and O–H groups in total. The van der Waals surface area contributed by atoms with Crippen LogP contribution in [0.15, 0.2) is 59.2 Å². The first-order valence-electron chi connectivity index (χ1n) is 6.87. The van der Waals surface area contributed by atoms with Crippen molar-refractivity contribution in [1.29, 1.82) is 0 Å². The summed E-state index contributed by atoms with van der Waals surface area (Å²) in [7, 11) is 0. The number of ether oxygens (including phenoxy) is 1. The van der Waals surface area contributed by atoms with E-state index in [0.717, 1.165) is 11.1 Å². The van der Waals surface area contributed by atoms with Crippen LogP contribution in [-0.4, -0.2) is 16.8 Å². The van der Waals surface area contributed by atoms with Gasteiger partial charge in [-0.25, -0.2) is 9.79 Å². The van der Waals surface area contributed by atoms with Crippen molar-refractivity contribution in [3.8, 4) is 0 Å². The van der Waals surface area contributed by atoms with Crippen LogP contribution in [0, 0.1) is 17.0 Å². The highest BCUT2D eigenvalue weighted by atomic mass is 16.6. The number of nitrogens with zero attached hydrogens (tertiary/aromatic N) is 2. The van der Waals surface area contributed by atoms with Gasteiger partial charge in [0.2, 0.25) is 5.90 Å². The number of nitro groups is 1. The maximum absolute atomic E-state index is 11.9. The predicted octanol–water partition coefficient (Wildman–Crippen LogP) is 3.25. The number of carbonyl (C=O) groups excluding carboxylic acids is 1. The number of aliphatic imine (C=N–C) groups is 1. The van der Waals surface area contributed by atoms with Gasteiger partial charge in [-0.05, 0) is 30.7 Å². The molecule has 6 heteroatoms. The second-order valence-corrected chi connectivity index (χ2v) is 5.05. The highest BCUT2D eigenvalue weighted by molar-refractivity contribution is 6.12. The van der Waals surface area contributed by atoms with Gasteiger partial charge in [0.25, 0.3) is 5.69 Å². The van der Waals surface area contributed by atoms with Crippen molar-refractivity contribution >= 4 is 23.6 Å². The highest BCUT2D eigenvalue weighted by Gasteiger charge is 2.24. The molecule has 2 aromatic rings. The lowest BCUT2D eigenvalue weighted by atomic mass is 10.1. The lowest BCUT2D eigenvalue weighted by Gasteiger charge is -1.98. The molecule has 23 heavy (non-hydrogen) atoms. The minimum Gasteiger partial charge on any atom is -0.402 e. The maximum Gasteiger partial charge on any atom is 0.363 e. The predicted molar refractivity (Wildman–Crippen MR) is 84.9 cm³/mol. The van der Waals surface area contributed by atoms with E-state index in [9.17, 15) is 14.9 Å². The fourth-order valence-electron chi connectivity index (χ4n) is 2.08. The van der Waals surface area contributed by atoms with Crippen LogP contribution in [0.3, 0.4) is 0 Å². The van der Waals surface area contributed by atoms with Gasteiger partial charge < -0.3 is 4.74 Å². The molecule has 0 aromatic heterocycles. The smallest absolute Gasteiger partial charge is 0.363 e. The minimum absolute atomic E-state index is 0.0332. The summed E-state index contributed by atoms with van der Waals surface area (Å²) < 4.78 is 5.13. The lowest BCUT2D eigenvalue weighted by molar-refractivity contribution is -0.384. The third-order valence-electron chi connectivity index (χ3n) is 3.33. The summed E-state index contributed by atoms with van der Waals surface area (Å²) in [4.78, 5) is 26.2. The largest absolute Gasteiger partial charge is 0.402 e. The first-order chi connectivity index (χ1) is 11.0. The number of rotatable bonds is 3. The van der Waals surface area contributed by atoms with E-state index in [1.807, 2.05) is 31.2 Å². The monoisotopic (exact) mass is 308 g/mol. The van der Waals surface area contributed by atoms with Crippen LogP contribution in [0.2, 0.25) is 0 Å². The van der Waals surface area contributed by atoms with E-state index in [0.29, 0.717) is 5.56 Å². The number of benzene rings is 2. The normalized spacial score (nSPS) is 15.4. The molecule has 2 aromatic carbocycles. The molecule has 0 bridgehead atoms. The quantitative estimate of drug-likeness (QED) is 0.377. The number of hydrogen-bond acceptors (Lipinski definition) is 5. The van der Waals surface area contributed by atoms with E-state index in [-0.39, 0.29) is 17.3 Å². The van der Waals surface area contributed by atoms with Crippen molar-refractivity contribution in [3.05, 3.63) is 81.0 Å².